The van der Waals surface area contributed by atoms with Crippen LogP contribution in [0.4, 0.5) is 0 Å². The third-order valence-corrected chi connectivity index (χ3v) is 6.25. The fourth-order valence-corrected chi connectivity index (χ4v) is 3.90. The van der Waals surface area contributed by atoms with Crippen molar-refractivity contribution in [3.8, 4) is 0 Å². The summed E-state index contributed by atoms with van der Waals surface area (Å²) in [4.78, 5) is 12.5. The van der Waals surface area contributed by atoms with Crippen molar-refractivity contribution in [1.82, 2.24) is 10.6 Å². The molecule has 27 heavy (non-hydrogen) atoms. The molecule has 0 aliphatic heterocycles. The van der Waals surface area contributed by atoms with Crippen LogP contribution in [0.2, 0.25) is 0 Å². The zero-order valence-corrected chi connectivity index (χ0v) is 19.5. The number of thiocarbonyl (C=S) groups is 1. The van der Waals surface area contributed by atoms with Gasteiger partial charge in [-0.15, -0.1) is 13.2 Å². The fraction of sp³-hybridized carbons (Fsp3) is 0.400. The Morgan fingerprint density at radius 1 is 1.41 bits per heavy atom. The van der Waals surface area contributed by atoms with Crippen LogP contribution in [-0.4, -0.2) is 39.8 Å². The molecule has 1 rings (SSSR count). The van der Waals surface area contributed by atoms with Crippen molar-refractivity contribution in [3.63, 3.8) is 0 Å². The lowest BCUT2D eigenvalue weighted by Crippen LogP contribution is -2.55. The van der Waals surface area contributed by atoms with Crippen LogP contribution in [0.15, 0.2) is 43.5 Å². The lowest BCUT2D eigenvalue weighted by molar-refractivity contribution is 0.0120. The van der Waals surface area contributed by atoms with Crippen molar-refractivity contribution in [2.24, 2.45) is 0 Å². The molecule has 1 atom stereocenters. The van der Waals surface area contributed by atoms with E-state index in [-0.39, 0.29) is 17.1 Å². The predicted molar refractivity (Wildman–Crippen MR) is 128 cm³/mol. The Kier molecular flexibility index (Phi) is 10.6. The van der Waals surface area contributed by atoms with Crippen LogP contribution in [0.1, 0.15) is 35.2 Å². The molecule has 0 aromatic heterocycles. The normalized spacial score (nSPS) is 12.1. The van der Waals surface area contributed by atoms with E-state index in [0.29, 0.717) is 24.8 Å². The van der Waals surface area contributed by atoms with Crippen molar-refractivity contribution in [1.29, 1.82) is 0 Å². The highest BCUT2D eigenvalue weighted by atomic mass is 127. The first-order valence-electron chi connectivity index (χ1n) is 8.58. The first kappa shape index (κ1) is 24.1. The van der Waals surface area contributed by atoms with E-state index in [1.807, 2.05) is 25.3 Å². The number of thioether (sulfide) groups is 1. The zero-order valence-electron chi connectivity index (χ0n) is 15.8. The summed E-state index contributed by atoms with van der Waals surface area (Å²) in [6, 6.07) is 5.17. The highest BCUT2D eigenvalue weighted by molar-refractivity contribution is 14.1. The summed E-state index contributed by atoms with van der Waals surface area (Å²) in [5.74, 6) is 0.575. The number of nitrogens with one attached hydrogen (secondary N) is 2. The molecular formula is C20H27IN2O2S2. The Bertz CT molecular complexity index is 685. The van der Waals surface area contributed by atoms with E-state index >= 15 is 0 Å². The van der Waals surface area contributed by atoms with Crippen LogP contribution in [0.3, 0.4) is 0 Å². The quantitative estimate of drug-likeness (QED) is 0.246. The topological polar surface area (TPSA) is 61.4 Å². The Balaban J connectivity index is 2.88. The average molecular weight is 518 g/mol. The number of amides is 1. The van der Waals surface area contributed by atoms with Gasteiger partial charge in [0.25, 0.3) is 5.91 Å². The molecule has 0 aliphatic carbocycles. The van der Waals surface area contributed by atoms with Gasteiger partial charge in [-0.1, -0.05) is 18.2 Å². The minimum Gasteiger partial charge on any atom is -0.387 e. The largest absolute Gasteiger partial charge is 0.387 e. The molecule has 7 heteroatoms. The molecule has 0 radical (unpaired) electrons. The van der Waals surface area contributed by atoms with E-state index in [2.05, 4.69) is 46.4 Å². The van der Waals surface area contributed by atoms with E-state index in [1.54, 1.807) is 30.0 Å². The summed E-state index contributed by atoms with van der Waals surface area (Å²) in [6.07, 6.45) is 6.88. The van der Waals surface area contributed by atoms with Gasteiger partial charge >= 0.3 is 0 Å². The predicted octanol–water partition coefficient (Wildman–Crippen LogP) is 4.21. The lowest BCUT2D eigenvalue weighted by atomic mass is 9.85. The van der Waals surface area contributed by atoms with Crippen LogP contribution in [0.25, 0.3) is 0 Å². The minimum atomic E-state index is -1.06. The maximum atomic E-state index is 12.5. The Morgan fingerprint density at radius 2 is 2.04 bits per heavy atom. The molecule has 0 heterocycles. The summed E-state index contributed by atoms with van der Waals surface area (Å²) in [7, 11) is 0. The van der Waals surface area contributed by atoms with E-state index in [9.17, 15) is 9.90 Å². The third-order valence-electron chi connectivity index (χ3n) is 4.22. The van der Waals surface area contributed by atoms with Crippen LogP contribution in [0.5, 0.6) is 0 Å². The van der Waals surface area contributed by atoms with Gasteiger partial charge in [0.2, 0.25) is 0 Å². The second kappa shape index (κ2) is 11.8. The standard InChI is InChI=1S/C20H27IN2O2S2/c1-5-10-20(25,11-6-2)17(9-12-27-4)22-19(26)23-18(24)15-8-7-14(3)16(21)13-15/h5-8,13,17,25H,1-2,9-12H2,3-4H3,(H2,22,23,24,26). The van der Waals surface area contributed by atoms with Crippen LogP contribution in [-0.2, 0) is 0 Å². The Morgan fingerprint density at radius 3 is 2.56 bits per heavy atom. The molecule has 0 saturated carbocycles. The van der Waals surface area contributed by atoms with Crippen molar-refractivity contribution >= 4 is 57.6 Å². The second-order valence-corrected chi connectivity index (χ2v) is 8.87. The first-order valence-corrected chi connectivity index (χ1v) is 11.5. The van der Waals surface area contributed by atoms with Crippen molar-refractivity contribution in [2.45, 2.75) is 37.8 Å². The van der Waals surface area contributed by atoms with Gasteiger partial charge in [0.05, 0.1) is 11.6 Å². The van der Waals surface area contributed by atoms with Gasteiger partial charge in [-0.3, -0.25) is 10.1 Å². The number of aliphatic hydroxyl groups is 1. The molecule has 1 aromatic rings. The molecule has 0 aliphatic rings. The van der Waals surface area contributed by atoms with Gasteiger partial charge in [0.1, 0.15) is 0 Å². The SMILES string of the molecule is C=CCC(O)(CC=C)C(CCSC)NC(=S)NC(=O)c1ccc(C)c(I)c1. The number of hydrogen-bond acceptors (Lipinski definition) is 4. The average Bonchev–Trinajstić information content (AvgIpc) is 2.61. The summed E-state index contributed by atoms with van der Waals surface area (Å²) < 4.78 is 1.02. The molecule has 3 N–H and O–H groups in total. The van der Waals surface area contributed by atoms with Gasteiger partial charge < -0.3 is 10.4 Å². The molecule has 0 bridgehead atoms. The summed E-state index contributed by atoms with van der Waals surface area (Å²) in [5, 5.41) is 17.1. The van der Waals surface area contributed by atoms with Crippen LogP contribution < -0.4 is 10.6 Å². The minimum absolute atomic E-state index is 0.202. The zero-order chi connectivity index (χ0) is 20.4. The molecule has 1 aromatic carbocycles. The number of rotatable bonds is 10. The summed E-state index contributed by atoms with van der Waals surface area (Å²) in [5.41, 5.74) is 0.596. The highest BCUT2D eigenvalue weighted by Crippen LogP contribution is 2.24. The number of carbonyl (C=O) groups excluding carboxylic acids is 1. The number of benzene rings is 1. The van der Waals surface area contributed by atoms with E-state index in [0.717, 1.165) is 14.9 Å². The monoisotopic (exact) mass is 518 g/mol. The van der Waals surface area contributed by atoms with Gasteiger partial charge in [-0.05, 0) is 90.7 Å². The maximum Gasteiger partial charge on any atom is 0.257 e. The molecule has 1 amide bonds. The summed E-state index contributed by atoms with van der Waals surface area (Å²) in [6.45, 7) is 9.48. The van der Waals surface area contributed by atoms with E-state index < -0.39 is 5.60 Å². The number of aryl methyl sites for hydroxylation is 1. The summed E-state index contributed by atoms with van der Waals surface area (Å²) >= 11 is 9.23. The molecule has 4 nitrogen and oxygen atoms in total. The molecule has 0 saturated heterocycles. The molecule has 0 spiro atoms. The van der Waals surface area contributed by atoms with E-state index in [4.69, 9.17) is 12.2 Å². The Hall–Kier alpha value is -0.900. The van der Waals surface area contributed by atoms with Crippen molar-refractivity contribution in [3.05, 3.63) is 58.2 Å². The number of halogens is 1. The maximum absolute atomic E-state index is 12.5. The van der Waals surface area contributed by atoms with Crippen molar-refractivity contribution < 1.29 is 9.90 Å². The second-order valence-electron chi connectivity index (χ2n) is 6.31. The fourth-order valence-electron chi connectivity index (χ4n) is 2.68. The van der Waals surface area contributed by atoms with Gasteiger partial charge in [-0.25, -0.2) is 0 Å². The smallest absolute Gasteiger partial charge is 0.257 e. The first-order chi connectivity index (χ1) is 12.8. The third kappa shape index (κ3) is 7.56. The lowest BCUT2D eigenvalue weighted by Gasteiger charge is -2.36. The Labute approximate surface area is 185 Å². The number of hydrogen-bond donors (Lipinski definition) is 3. The van der Waals surface area contributed by atoms with E-state index in [1.165, 1.54) is 0 Å². The molecule has 0 fully saturated rings. The molecule has 148 valence electrons. The van der Waals surface area contributed by atoms with Gasteiger partial charge in [0.15, 0.2) is 5.11 Å². The van der Waals surface area contributed by atoms with Crippen LogP contribution >= 0.6 is 46.6 Å². The molecular weight excluding hydrogens is 491 g/mol. The van der Waals surface area contributed by atoms with Gasteiger partial charge in [-0.2, -0.15) is 11.8 Å². The highest BCUT2D eigenvalue weighted by Gasteiger charge is 2.34. The molecule has 1 unspecified atom stereocenters. The van der Waals surface area contributed by atoms with Crippen LogP contribution in [0, 0.1) is 10.5 Å². The number of carbonyl (C=O) groups is 1. The van der Waals surface area contributed by atoms with Crippen molar-refractivity contribution in [2.75, 3.05) is 12.0 Å². The van der Waals surface area contributed by atoms with Gasteiger partial charge in [0, 0.05) is 9.13 Å².